The van der Waals surface area contributed by atoms with Gasteiger partial charge in [0.1, 0.15) is 0 Å². The van der Waals surface area contributed by atoms with E-state index in [-0.39, 0.29) is 18.0 Å². The molecule has 1 N–H and O–H groups in total. The summed E-state index contributed by atoms with van der Waals surface area (Å²) in [4.78, 5) is 32.6. The summed E-state index contributed by atoms with van der Waals surface area (Å²) in [5.74, 6) is 0.123. The second-order valence-electron chi connectivity index (χ2n) is 8.05. The zero-order valence-electron chi connectivity index (χ0n) is 17.7. The number of hydrogen-bond donors (Lipinski definition) is 1. The minimum absolute atomic E-state index is 0.115. The molecule has 2 fully saturated rings. The molecular formula is C23H30N4O3S. The predicted octanol–water partition coefficient (Wildman–Crippen LogP) is 3.11. The van der Waals surface area contributed by atoms with Crippen LogP contribution in [-0.4, -0.2) is 78.6 Å². The van der Waals surface area contributed by atoms with Crippen molar-refractivity contribution in [1.29, 1.82) is 0 Å². The predicted molar refractivity (Wildman–Crippen MR) is 122 cm³/mol. The maximum Gasteiger partial charge on any atom is 0.321 e. The van der Waals surface area contributed by atoms with Gasteiger partial charge < -0.3 is 19.9 Å². The molecule has 2 aromatic rings. The first kappa shape index (κ1) is 21.8. The van der Waals surface area contributed by atoms with E-state index in [0.717, 1.165) is 38.2 Å². The number of amides is 3. The molecule has 31 heavy (non-hydrogen) atoms. The molecule has 0 spiro atoms. The summed E-state index contributed by atoms with van der Waals surface area (Å²) < 4.78 is 5.80. The van der Waals surface area contributed by atoms with Gasteiger partial charge in [-0.25, -0.2) is 4.79 Å². The number of thiophene rings is 1. The summed E-state index contributed by atoms with van der Waals surface area (Å²) in [7, 11) is 0. The zero-order valence-corrected chi connectivity index (χ0v) is 18.6. The van der Waals surface area contributed by atoms with E-state index >= 15 is 0 Å². The quantitative estimate of drug-likeness (QED) is 0.716. The molecule has 166 valence electrons. The number of para-hydroxylation sites is 1. The Kier molecular flexibility index (Phi) is 7.56. The highest BCUT2D eigenvalue weighted by molar-refractivity contribution is 7.09. The van der Waals surface area contributed by atoms with Crippen molar-refractivity contribution < 1.29 is 14.3 Å². The summed E-state index contributed by atoms with van der Waals surface area (Å²) in [6.07, 6.45) is 2.37. The summed E-state index contributed by atoms with van der Waals surface area (Å²) in [5, 5.41) is 4.99. The van der Waals surface area contributed by atoms with Gasteiger partial charge in [-0.15, -0.1) is 11.3 Å². The fourth-order valence-corrected chi connectivity index (χ4v) is 4.80. The van der Waals surface area contributed by atoms with E-state index in [1.54, 1.807) is 16.2 Å². The lowest BCUT2D eigenvalue weighted by molar-refractivity contribution is -0.134. The molecule has 0 radical (unpaired) electrons. The van der Waals surface area contributed by atoms with Gasteiger partial charge in [0.25, 0.3) is 0 Å². The van der Waals surface area contributed by atoms with Gasteiger partial charge in [0.15, 0.2) is 0 Å². The van der Waals surface area contributed by atoms with E-state index in [1.807, 2.05) is 41.3 Å². The van der Waals surface area contributed by atoms with E-state index in [1.165, 1.54) is 4.88 Å². The number of piperazine rings is 1. The van der Waals surface area contributed by atoms with Crippen LogP contribution < -0.4 is 5.32 Å². The third-order valence-electron chi connectivity index (χ3n) is 5.75. The van der Waals surface area contributed by atoms with Crippen LogP contribution in [0.5, 0.6) is 0 Å². The van der Waals surface area contributed by atoms with E-state index < -0.39 is 0 Å². The van der Waals surface area contributed by atoms with Crippen LogP contribution in [0.2, 0.25) is 0 Å². The lowest BCUT2D eigenvalue weighted by atomic mass is 10.2. The number of rotatable bonds is 7. The van der Waals surface area contributed by atoms with E-state index in [4.69, 9.17) is 4.74 Å². The van der Waals surface area contributed by atoms with Crippen LogP contribution in [0.3, 0.4) is 0 Å². The lowest BCUT2D eigenvalue weighted by Crippen LogP contribution is -2.53. The number of anilines is 1. The Hall–Kier alpha value is -2.42. The molecule has 0 saturated carbocycles. The average Bonchev–Trinajstić information content (AvgIpc) is 3.49. The van der Waals surface area contributed by atoms with Gasteiger partial charge in [0, 0.05) is 56.4 Å². The fraction of sp³-hybridized carbons (Fsp3) is 0.478. The first-order valence-corrected chi connectivity index (χ1v) is 11.8. The lowest BCUT2D eigenvalue weighted by Gasteiger charge is -2.36. The normalized spacial score (nSPS) is 19.1. The molecule has 4 rings (SSSR count). The van der Waals surface area contributed by atoms with Crippen LogP contribution in [0.15, 0.2) is 47.8 Å². The number of benzene rings is 1. The van der Waals surface area contributed by atoms with E-state index in [9.17, 15) is 9.59 Å². The number of carbonyl (C=O) groups is 2. The van der Waals surface area contributed by atoms with Crippen molar-refractivity contribution in [2.45, 2.75) is 25.5 Å². The van der Waals surface area contributed by atoms with Crippen molar-refractivity contribution in [2.75, 3.05) is 51.2 Å². The number of urea groups is 1. The van der Waals surface area contributed by atoms with E-state index in [0.29, 0.717) is 32.7 Å². The molecule has 0 bridgehead atoms. The Balaban J connectivity index is 1.27. The molecule has 1 atom stereocenters. The topological polar surface area (TPSA) is 65.1 Å². The van der Waals surface area contributed by atoms with Crippen molar-refractivity contribution in [1.82, 2.24) is 14.7 Å². The van der Waals surface area contributed by atoms with Crippen LogP contribution in [0.25, 0.3) is 0 Å². The minimum atomic E-state index is -0.115. The molecule has 3 heterocycles. The summed E-state index contributed by atoms with van der Waals surface area (Å²) in [5.41, 5.74) is 0.782. The highest BCUT2D eigenvalue weighted by atomic mass is 32.1. The van der Waals surface area contributed by atoms with Gasteiger partial charge in [-0.3, -0.25) is 9.69 Å². The third-order valence-corrected chi connectivity index (χ3v) is 6.61. The molecule has 0 aliphatic carbocycles. The van der Waals surface area contributed by atoms with Gasteiger partial charge in [0.05, 0.1) is 12.6 Å². The zero-order chi connectivity index (χ0) is 21.5. The molecule has 2 saturated heterocycles. The van der Waals surface area contributed by atoms with Gasteiger partial charge in [-0.05, 0) is 36.4 Å². The Morgan fingerprint density at radius 1 is 1.06 bits per heavy atom. The Morgan fingerprint density at radius 2 is 1.84 bits per heavy atom. The average molecular weight is 443 g/mol. The van der Waals surface area contributed by atoms with Gasteiger partial charge in [-0.2, -0.15) is 0 Å². The molecular weight excluding hydrogens is 412 g/mol. The van der Waals surface area contributed by atoms with Crippen molar-refractivity contribution in [3.8, 4) is 0 Å². The van der Waals surface area contributed by atoms with Crippen LogP contribution in [0.4, 0.5) is 10.5 Å². The molecule has 1 aromatic carbocycles. The van der Waals surface area contributed by atoms with Crippen molar-refractivity contribution in [3.05, 3.63) is 52.7 Å². The molecule has 2 aliphatic heterocycles. The Bertz CT molecular complexity index is 832. The summed E-state index contributed by atoms with van der Waals surface area (Å²) >= 11 is 1.72. The molecule has 8 heteroatoms. The van der Waals surface area contributed by atoms with Crippen molar-refractivity contribution >= 4 is 29.0 Å². The molecule has 2 aliphatic rings. The monoisotopic (exact) mass is 442 g/mol. The number of hydrogen-bond acceptors (Lipinski definition) is 5. The molecule has 1 unspecified atom stereocenters. The first-order chi connectivity index (χ1) is 15.2. The number of carbonyl (C=O) groups excluding carboxylic acids is 2. The van der Waals surface area contributed by atoms with Crippen molar-refractivity contribution in [2.24, 2.45) is 0 Å². The SMILES string of the molecule is O=C(CN(Cc1cccs1)CC1CCCO1)N1CCN(C(=O)Nc2ccccc2)CC1. The standard InChI is InChI=1S/C23H30N4O3S/c28-22(18-25(16-20-8-4-14-30-20)17-21-9-5-15-31-21)26-10-12-27(13-11-26)23(29)24-19-6-2-1-3-7-19/h1-3,5-7,9,15,20H,4,8,10-14,16-18H2,(H,24,29). The minimum Gasteiger partial charge on any atom is -0.377 e. The molecule has 1 aromatic heterocycles. The van der Waals surface area contributed by atoms with Crippen LogP contribution >= 0.6 is 11.3 Å². The van der Waals surface area contributed by atoms with Gasteiger partial charge in [0.2, 0.25) is 5.91 Å². The highest BCUT2D eigenvalue weighted by Crippen LogP contribution is 2.18. The molecule has 7 nitrogen and oxygen atoms in total. The fourth-order valence-electron chi connectivity index (χ4n) is 4.06. The maximum absolute atomic E-state index is 13.0. The van der Waals surface area contributed by atoms with Gasteiger partial charge >= 0.3 is 6.03 Å². The number of nitrogens with one attached hydrogen (secondary N) is 1. The van der Waals surface area contributed by atoms with E-state index in [2.05, 4.69) is 21.7 Å². The van der Waals surface area contributed by atoms with Crippen LogP contribution in [-0.2, 0) is 16.1 Å². The summed E-state index contributed by atoms with van der Waals surface area (Å²) in [6, 6.07) is 13.5. The van der Waals surface area contributed by atoms with Crippen molar-refractivity contribution in [3.63, 3.8) is 0 Å². The molecule has 3 amide bonds. The Morgan fingerprint density at radius 3 is 2.52 bits per heavy atom. The highest BCUT2D eigenvalue weighted by Gasteiger charge is 2.27. The number of nitrogens with zero attached hydrogens (tertiary/aromatic N) is 3. The van der Waals surface area contributed by atoms with Crippen LogP contribution in [0.1, 0.15) is 17.7 Å². The maximum atomic E-state index is 13.0. The second kappa shape index (κ2) is 10.7. The van der Waals surface area contributed by atoms with Gasteiger partial charge in [-0.1, -0.05) is 24.3 Å². The smallest absolute Gasteiger partial charge is 0.321 e. The largest absolute Gasteiger partial charge is 0.377 e. The first-order valence-electron chi connectivity index (χ1n) is 10.9. The Labute approximate surface area is 187 Å². The summed E-state index contributed by atoms with van der Waals surface area (Å²) in [6.45, 7) is 4.96. The van der Waals surface area contributed by atoms with Crippen LogP contribution in [0, 0.1) is 0 Å². The second-order valence-corrected chi connectivity index (χ2v) is 9.08. The third kappa shape index (κ3) is 6.29. The number of ether oxygens (including phenoxy) is 1.